The normalized spacial score (nSPS) is 19.1. The van der Waals surface area contributed by atoms with E-state index in [4.69, 9.17) is 9.47 Å². The highest BCUT2D eigenvalue weighted by Gasteiger charge is 2.15. The Morgan fingerprint density at radius 1 is 1.48 bits per heavy atom. The lowest BCUT2D eigenvalue weighted by Gasteiger charge is -2.14. The van der Waals surface area contributed by atoms with Crippen molar-refractivity contribution in [3.8, 4) is 0 Å². The maximum absolute atomic E-state index is 5.73. The van der Waals surface area contributed by atoms with E-state index in [0.29, 0.717) is 11.8 Å². The molecule has 142 valence electrons. The van der Waals surface area contributed by atoms with E-state index in [0.717, 1.165) is 71.4 Å². The van der Waals surface area contributed by atoms with Crippen LogP contribution in [0.1, 0.15) is 26.7 Å². The first-order valence-corrected chi connectivity index (χ1v) is 9.43. The quantitative estimate of drug-likeness (QED) is 0.359. The second-order valence-corrected chi connectivity index (χ2v) is 6.64. The van der Waals surface area contributed by atoms with E-state index in [1.54, 1.807) is 0 Å². The molecule has 2 unspecified atom stereocenters. The molecule has 7 heteroatoms. The Bertz CT molecular complexity index is 472. The van der Waals surface area contributed by atoms with Gasteiger partial charge in [-0.25, -0.2) is 0 Å². The molecule has 2 atom stereocenters. The van der Waals surface area contributed by atoms with Crippen LogP contribution in [0.3, 0.4) is 0 Å². The van der Waals surface area contributed by atoms with Crippen LogP contribution in [0.25, 0.3) is 0 Å². The zero-order chi connectivity index (χ0) is 17.7. The summed E-state index contributed by atoms with van der Waals surface area (Å²) in [6.07, 6.45) is 5.90. The Balaban J connectivity index is 1.58. The van der Waals surface area contributed by atoms with Gasteiger partial charge in [-0.2, -0.15) is 5.10 Å². The van der Waals surface area contributed by atoms with Crippen LogP contribution in [0.4, 0.5) is 0 Å². The third kappa shape index (κ3) is 8.36. The molecule has 2 N–H and O–H groups in total. The average molecular weight is 351 g/mol. The first-order valence-electron chi connectivity index (χ1n) is 9.43. The Kier molecular flexibility index (Phi) is 9.36. The summed E-state index contributed by atoms with van der Waals surface area (Å²) in [6.45, 7) is 11.0. The molecule has 7 nitrogen and oxygen atoms in total. The number of aromatic nitrogens is 2. The topological polar surface area (TPSA) is 72.7 Å². The molecule has 0 bridgehead atoms. The molecular formula is C18H33N5O2. The van der Waals surface area contributed by atoms with Gasteiger partial charge in [-0.3, -0.25) is 9.67 Å². The van der Waals surface area contributed by atoms with E-state index in [1.807, 2.05) is 23.1 Å². The van der Waals surface area contributed by atoms with Crippen LogP contribution in [0.2, 0.25) is 0 Å². The minimum absolute atomic E-state index is 0.437. The molecule has 0 saturated carbocycles. The molecule has 0 aliphatic carbocycles. The predicted octanol–water partition coefficient (Wildman–Crippen LogP) is 1.52. The highest BCUT2D eigenvalue weighted by atomic mass is 16.5. The fourth-order valence-electron chi connectivity index (χ4n) is 2.72. The van der Waals surface area contributed by atoms with Crippen LogP contribution in [0.5, 0.6) is 0 Å². The Morgan fingerprint density at radius 3 is 3.12 bits per heavy atom. The number of nitrogens with zero attached hydrogens (tertiary/aromatic N) is 3. The molecule has 2 heterocycles. The van der Waals surface area contributed by atoms with Gasteiger partial charge in [0.25, 0.3) is 0 Å². The van der Waals surface area contributed by atoms with Crippen LogP contribution >= 0.6 is 0 Å². The largest absolute Gasteiger partial charge is 0.381 e. The lowest BCUT2D eigenvalue weighted by Crippen LogP contribution is -2.38. The highest BCUT2D eigenvalue weighted by molar-refractivity contribution is 5.79. The lowest BCUT2D eigenvalue weighted by molar-refractivity contribution is 0.0888. The molecule has 1 fully saturated rings. The van der Waals surface area contributed by atoms with Crippen LogP contribution in [-0.2, 0) is 16.0 Å². The third-order valence-electron chi connectivity index (χ3n) is 4.10. The SMILES string of the molecule is CCNC(=NCC(C)Cn1cccn1)NCCCOCC1CCOC1. The summed E-state index contributed by atoms with van der Waals surface area (Å²) in [5.74, 6) is 1.90. The first-order chi connectivity index (χ1) is 12.3. The number of hydrogen-bond acceptors (Lipinski definition) is 4. The van der Waals surface area contributed by atoms with Crippen molar-refractivity contribution in [2.75, 3.05) is 46.1 Å². The Morgan fingerprint density at radius 2 is 2.40 bits per heavy atom. The maximum Gasteiger partial charge on any atom is 0.191 e. The van der Waals surface area contributed by atoms with Crippen molar-refractivity contribution in [3.05, 3.63) is 18.5 Å². The number of ether oxygens (including phenoxy) is 2. The van der Waals surface area contributed by atoms with Crippen molar-refractivity contribution in [2.45, 2.75) is 33.2 Å². The second kappa shape index (κ2) is 11.9. The van der Waals surface area contributed by atoms with Gasteiger partial charge < -0.3 is 20.1 Å². The molecule has 0 spiro atoms. The smallest absolute Gasteiger partial charge is 0.191 e. The van der Waals surface area contributed by atoms with Crippen LogP contribution in [0, 0.1) is 11.8 Å². The molecule has 1 aromatic heterocycles. The standard InChI is InChI=1S/C18H33N5O2/c1-3-19-18(21-12-16(2)13-23-9-4-8-22-23)20-7-5-10-24-14-17-6-11-25-15-17/h4,8-9,16-17H,3,5-7,10-15H2,1-2H3,(H2,19,20,21). The predicted molar refractivity (Wildman–Crippen MR) is 99.7 cm³/mol. The monoisotopic (exact) mass is 351 g/mol. The van der Waals surface area contributed by atoms with Gasteiger partial charge in [0.1, 0.15) is 0 Å². The summed E-state index contributed by atoms with van der Waals surface area (Å²) >= 11 is 0. The summed E-state index contributed by atoms with van der Waals surface area (Å²) in [4.78, 5) is 4.67. The molecular weight excluding hydrogens is 318 g/mol. The van der Waals surface area contributed by atoms with Gasteiger partial charge in [-0.1, -0.05) is 6.92 Å². The van der Waals surface area contributed by atoms with Gasteiger partial charge in [-0.15, -0.1) is 0 Å². The van der Waals surface area contributed by atoms with Gasteiger partial charge in [0.2, 0.25) is 0 Å². The average Bonchev–Trinajstić information content (AvgIpc) is 3.29. The van der Waals surface area contributed by atoms with Gasteiger partial charge in [0, 0.05) is 57.7 Å². The Labute approximate surface area is 151 Å². The van der Waals surface area contributed by atoms with Gasteiger partial charge in [0.05, 0.1) is 13.2 Å². The number of hydrogen-bond donors (Lipinski definition) is 2. The summed E-state index contributed by atoms with van der Waals surface area (Å²) in [7, 11) is 0. The van der Waals surface area contributed by atoms with Crippen molar-refractivity contribution < 1.29 is 9.47 Å². The minimum Gasteiger partial charge on any atom is -0.381 e. The van der Waals surface area contributed by atoms with E-state index >= 15 is 0 Å². The fraction of sp³-hybridized carbons (Fsp3) is 0.778. The molecule has 2 rings (SSSR count). The maximum atomic E-state index is 5.73. The van der Waals surface area contributed by atoms with Crippen LogP contribution in [0.15, 0.2) is 23.5 Å². The van der Waals surface area contributed by atoms with Gasteiger partial charge in [0.15, 0.2) is 5.96 Å². The van der Waals surface area contributed by atoms with Gasteiger partial charge in [-0.05, 0) is 31.7 Å². The Hall–Kier alpha value is -1.60. The molecule has 1 aromatic rings. The van der Waals surface area contributed by atoms with Crippen LogP contribution in [-0.4, -0.2) is 61.8 Å². The van der Waals surface area contributed by atoms with E-state index in [1.165, 1.54) is 0 Å². The van der Waals surface area contributed by atoms with Crippen molar-refractivity contribution in [2.24, 2.45) is 16.8 Å². The number of nitrogens with one attached hydrogen (secondary N) is 2. The van der Waals surface area contributed by atoms with E-state index < -0.39 is 0 Å². The molecule has 0 aromatic carbocycles. The molecule has 0 radical (unpaired) electrons. The summed E-state index contributed by atoms with van der Waals surface area (Å²) in [6, 6.07) is 1.95. The first kappa shape index (κ1) is 19.7. The fourth-order valence-corrected chi connectivity index (χ4v) is 2.72. The third-order valence-corrected chi connectivity index (χ3v) is 4.10. The minimum atomic E-state index is 0.437. The van der Waals surface area contributed by atoms with Gasteiger partial charge >= 0.3 is 0 Å². The van der Waals surface area contributed by atoms with Crippen molar-refractivity contribution in [3.63, 3.8) is 0 Å². The zero-order valence-corrected chi connectivity index (χ0v) is 15.6. The van der Waals surface area contributed by atoms with Crippen LogP contribution < -0.4 is 10.6 Å². The zero-order valence-electron chi connectivity index (χ0n) is 15.6. The molecule has 1 saturated heterocycles. The molecule has 25 heavy (non-hydrogen) atoms. The second-order valence-electron chi connectivity index (χ2n) is 6.64. The van der Waals surface area contributed by atoms with E-state index in [2.05, 4.69) is 34.6 Å². The van der Waals surface area contributed by atoms with Crippen molar-refractivity contribution >= 4 is 5.96 Å². The molecule has 0 amide bonds. The molecule has 1 aliphatic heterocycles. The number of guanidine groups is 1. The van der Waals surface area contributed by atoms with E-state index in [9.17, 15) is 0 Å². The summed E-state index contributed by atoms with van der Waals surface area (Å²) in [5, 5.41) is 10.9. The van der Waals surface area contributed by atoms with Crippen molar-refractivity contribution in [1.82, 2.24) is 20.4 Å². The summed E-state index contributed by atoms with van der Waals surface area (Å²) in [5.41, 5.74) is 0. The van der Waals surface area contributed by atoms with Crippen molar-refractivity contribution in [1.29, 1.82) is 0 Å². The molecule has 1 aliphatic rings. The number of rotatable bonds is 11. The highest BCUT2D eigenvalue weighted by Crippen LogP contribution is 2.12. The van der Waals surface area contributed by atoms with E-state index in [-0.39, 0.29) is 0 Å². The summed E-state index contributed by atoms with van der Waals surface area (Å²) < 4.78 is 13.0. The lowest BCUT2D eigenvalue weighted by atomic mass is 10.1. The number of aliphatic imine (C=N–C) groups is 1.